The Kier molecular flexibility index (Phi) is 4.77. The second-order valence-corrected chi connectivity index (χ2v) is 4.96. The predicted molar refractivity (Wildman–Crippen MR) is 80.8 cm³/mol. The fraction of sp³-hybridized carbons (Fsp3) is 0.235. The molecule has 2 aromatic carbocycles. The molecule has 2 rings (SSSR count). The number of rotatable bonds is 4. The summed E-state index contributed by atoms with van der Waals surface area (Å²) >= 11 is 0. The van der Waals surface area contributed by atoms with Gasteiger partial charge in [-0.05, 0) is 29.2 Å². The summed E-state index contributed by atoms with van der Waals surface area (Å²) in [5, 5.41) is 2.72. The Morgan fingerprint density at radius 1 is 1.05 bits per heavy atom. The van der Waals surface area contributed by atoms with Gasteiger partial charge in [0, 0.05) is 5.69 Å². The van der Waals surface area contributed by atoms with Gasteiger partial charge in [0.15, 0.2) is 0 Å². The minimum Gasteiger partial charge on any atom is -0.444 e. The van der Waals surface area contributed by atoms with Crippen molar-refractivity contribution in [3.8, 4) is 0 Å². The molecule has 0 aliphatic rings. The second kappa shape index (κ2) is 6.75. The van der Waals surface area contributed by atoms with E-state index in [4.69, 9.17) is 4.74 Å². The quantitative estimate of drug-likeness (QED) is 0.883. The topological polar surface area (TPSA) is 38.3 Å². The van der Waals surface area contributed by atoms with Crippen LogP contribution in [0.25, 0.3) is 0 Å². The Morgan fingerprint density at radius 2 is 1.70 bits per heavy atom. The van der Waals surface area contributed by atoms with Crippen molar-refractivity contribution < 1.29 is 9.53 Å². The molecular weight excluding hydrogens is 250 g/mol. The third-order valence-electron chi connectivity index (χ3n) is 3.04. The molecular formula is C17H19NO2. The maximum Gasteiger partial charge on any atom is 0.411 e. The first-order chi connectivity index (χ1) is 9.65. The summed E-state index contributed by atoms with van der Waals surface area (Å²) in [5.74, 6) is 0.481. The van der Waals surface area contributed by atoms with Gasteiger partial charge in [0.1, 0.15) is 6.61 Å². The molecule has 3 nitrogen and oxygen atoms in total. The van der Waals surface area contributed by atoms with Crippen LogP contribution in [0.2, 0.25) is 0 Å². The van der Waals surface area contributed by atoms with E-state index in [1.165, 1.54) is 5.56 Å². The molecule has 20 heavy (non-hydrogen) atoms. The van der Waals surface area contributed by atoms with Gasteiger partial charge in [-0.15, -0.1) is 0 Å². The molecule has 0 saturated heterocycles. The molecule has 1 amide bonds. The lowest BCUT2D eigenvalue weighted by Crippen LogP contribution is -2.13. The molecule has 0 radical (unpaired) electrons. The minimum absolute atomic E-state index is 0.275. The first-order valence-corrected chi connectivity index (χ1v) is 6.73. The maximum atomic E-state index is 11.7. The lowest BCUT2D eigenvalue weighted by Gasteiger charge is -2.09. The van der Waals surface area contributed by atoms with Crippen LogP contribution in [0.3, 0.4) is 0 Å². The summed E-state index contributed by atoms with van der Waals surface area (Å²) in [4.78, 5) is 11.7. The predicted octanol–water partition coefficient (Wildman–Crippen LogP) is 4.56. The monoisotopic (exact) mass is 269 g/mol. The normalized spacial score (nSPS) is 10.3. The van der Waals surface area contributed by atoms with E-state index in [0.717, 1.165) is 11.3 Å². The van der Waals surface area contributed by atoms with Gasteiger partial charge in [-0.2, -0.15) is 0 Å². The Balaban J connectivity index is 1.85. The van der Waals surface area contributed by atoms with Gasteiger partial charge in [0.25, 0.3) is 0 Å². The molecule has 0 spiro atoms. The first kappa shape index (κ1) is 14.1. The summed E-state index contributed by atoms with van der Waals surface area (Å²) in [6.07, 6.45) is -0.439. The van der Waals surface area contributed by atoms with Crippen LogP contribution in [-0.4, -0.2) is 6.09 Å². The number of carbonyl (C=O) groups excluding carboxylic acids is 1. The molecule has 0 fully saturated rings. The van der Waals surface area contributed by atoms with Crippen molar-refractivity contribution in [2.45, 2.75) is 26.4 Å². The molecule has 0 bridgehead atoms. The average molecular weight is 269 g/mol. The van der Waals surface area contributed by atoms with Gasteiger partial charge < -0.3 is 4.74 Å². The van der Waals surface area contributed by atoms with E-state index in [0.29, 0.717) is 5.92 Å². The van der Waals surface area contributed by atoms with E-state index in [-0.39, 0.29) is 6.61 Å². The number of anilines is 1. The molecule has 0 aromatic heterocycles. The highest BCUT2D eigenvalue weighted by Gasteiger charge is 2.04. The minimum atomic E-state index is -0.439. The Morgan fingerprint density at radius 3 is 2.30 bits per heavy atom. The van der Waals surface area contributed by atoms with Gasteiger partial charge in [-0.3, -0.25) is 5.32 Å². The molecule has 3 heteroatoms. The number of carbonyl (C=O) groups is 1. The summed E-state index contributed by atoms with van der Waals surface area (Å²) in [6, 6.07) is 17.4. The number of hydrogen-bond donors (Lipinski definition) is 1. The lowest BCUT2D eigenvalue weighted by atomic mass is 10.0. The largest absolute Gasteiger partial charge is 0.444 e. The molecule has 1 N–H and O–H groups in total. The van der Waals surface area contributed by atoms with E-state index in [2.05, 4.69) is 19.2 Å². The van der Waals surface area contributed by atoms with E-state index < -0.39 is 6.09 Å². The molecule has 0 unspecified atom stereocenters. The molecule has 0 aliphatic carbocycles. The third kappa shape index (κ3) is 4.12. The highest BCUT2D eigenvalue weighted by Crippen LogP contribution is 2.17. The number of hydrogen-bond acceptors (Lipinski definition) is 2. The van der Waals surface area contributed by atoms with Gasteiger partial charge in [0.2, 0.25) is 0 Å². The number of benzene rings is 2. The second-order valence-electron chi connectivity index (χ2n) is 4.96. The first-order valence-electron chi connectivity index (χ1n) is 6.73. The van der Waals surface area contributed by atoms with Crippen LogP contribution in [0.5, 0.6) is 0 Å². The van der Waals surface area contributed by atoms with Crippen LogP contribution < -0.4 is 5.32 Å². The van der Waals surface area contributed by atoms with E-state index in [9.17, 15) is 4.79 Å². The van der Waals surface area contributed by atoms with Crippen molar-refractivity contribution in [1.82, 2.24) is 0 Å². The van der Waals surface area contributed by atoms with Crippen LogP contribution in [0, 0.1) is 0 Å². The van der Waals surface area contributed by atoms with Gasteiger partial charge >= 0.3 is 6.09 Å². The average Bonchev–Trinajstić information content (AvgIpc) is 2.47. The molecule has 2 aromatic rings. The summed E-state index contributed by atoms with van der Waals surface area (Å²) in [5.41, 5.74) is 2.96. The van der Waals surface area contributed by atoms with Crippen LogP contribution in [-0.2, 0) is 11.3 Å². The molecule has 0 heterocycles. The highest BCUT2D eigenvalue weighted by molar-refractivity contribution is 5.84. The fourth-order valence-corrected chi connectivity index (χ4v) is 1.83. The summed E-state index contributed by atoms with van der Waals surface area (Å²) in [6.45, 7) is 4.55. The number of ether oxygens (including phenoxy) is 1. The van der Waals surface area contributed by atoms with Crippen molar-refractivity contribution in [2.75, 3.05) is 5.32 Å². The van der Waals surface area contributed by atoms with Crippen molar-refractivity contribution in [2.24, 2.45) is 0 Å². The third-order valence-corrected chi connectivity index (χ3v) is 3.04. The maximum absolute atomic E-state index is 11.7. The van der Waals surface area contributed by atoms with E-state index >= 15 is 0 Å². The fourth-order valence-electron chi connectivity index (χ4n) is 1.83. The van der Waals surface area contributed by atoms with Crippen molar-refractivity contribution >= 4 is 11.8 Å². The molecule has 104 valence electrons. The van der Waals surface area contributed by atoms with Gasteiger partial charge in [-0.25, -0.2) is 4.79 Å². The van der Waals surface area contributed by atoms with Gasteiger partial charge in [0.05, 0.1) is 0 Å². The zero-order valence-electron chi connectivity index (χ0n) is 11.8. The van der Waals surface area contributed by atoms with Crippen LogP contribution in [0.1, 0.15) is 30.9 Å². The number of nitrogens with one attached hydrogen (secondary N) is 1. The van der Waals surface area contributed by atoms with Crippen molar-refractivity contribution in [3.05, 3.63) is 65.7 Å². The smallest absolute Gasteiger partial charge is 0.411 e. The van der Waals surface area contributed by atoms with Crippen LogP contribution in [0.15, 0.2) is 54.6 Å². The Bertz CT molecular complexity index is 547. The SMILES string of the molecule is CC(C)c1ccc(NC(=O)OCc2ccccc2)cc1. The Labute approximate surface area is 119 Å². The highest BCUT2D eigenvalue weighted by atomic mass is 16.5. The van der Waals surface area contributed by atoms with Crippen molar-refractivity contribution in [3.63, 3.8) is 0 Å². The molecule has 0 atom stereocenters. The Hall–Kier alpha value is -2.29. The standard InChI is InChI=1S/C17H19NO2/c1-13(2)15-8-10-16(11-9-15)18-17(19)20-12-14-6-4-3-5-7-14/h3-11,13H,12H2,1-2H3,(H,18,19). The van der Waals surface area contributed by atoms with Crippen LogP contribution in [0.4, 0.5) is 10.5 Å². The van der Waals surface area contributed by atoms with E-state index in [1.54, 1.807) is 0 Å². The number of amides is 1. The lowest BCUT2D eigenvalue weighted by molar-refractivity contribution is 0.155. The zero-order chi connectivity index (χ0) is 14.4. The van der Waals surface area contributed by atoms with Gasteiger partial charge in [-0.1, -0.05) is 56.3 Å². The summed E-state index contributed by atoms with van der Waals surface area (Å²) < 4.78 is 5.16. The van der Waals surface area contributed by atoms with Crippen LogP contribution >= 0.6 is 0 Å². The molecule has 0 aliphatic heterocycles. The molecule has 0 saturated carbocycles. The van der Waals surface area contributed by atoms with E-state index in [1.807, 2.05) is 54.6 Å². The summed E-state index contributed by atoms with van der Waals surface area (Å²) in [7, 11) is 0. The zero-order valence-corrected chi connectivity index (χ0v) is 11.8. The van der Waals surface area contributed by atoms with Crippen molar-refractivity contribution in [1.29, 1.82) is 0 Å².